The van der Waals surface area contributed by atoms with Crippen molar-refractivity contribution in [3.63, 3.8) is 0 Å². The first-order chi connectivity index (χ1) is 18.4. The molecule has 0 spiro atoms. The van der Waals surface area contributed by atoms with E-state index in [1.807, 2.05) is 42.5 Å². The summed E-state index contributed by atoms with van der Waals surface area (Å²) in [4.78, 5) is 40.9. The molecule has 2 amide bonds. The molecule has 0 saturated carbocycles. The van der Waals surface area contributed by atoms with E-state index in [4.69, 9.17) is 9.47 Å². The zero-order valence-corrected chi connectivity index (χ0v) is 22.5. The first-order valence-corrected chi connectivity index (χ1v) is 13.4. The van der Waals surface area contributed by atoms with Crippen molar-refractivity contribution in [1.29, 1.82) is 0 Å². The number of nitrogens with one attached hydrogen (secondary N) is 1. The van der Waals surface area contributed by atoms with E-state index in [1.54, 1.807) is 11.0 Å². The monoisotopic (exact) mass is 519 g/mol. The van der Waals surface area contributed by atoms with Crippen molar-refractivity contribution in [2.45, 2.75) is 46.1 Å². The van der Waals surface area contributed by atoms with Gasteiger partial charge in [-0.05, 0) is 79.9 Å². The first-order valence-electron chi connectivity index (χ1n) is 13.4. The fraction of sp³-hybridized carbons (Fsp3) is 0.433. The standard InChI is InChI=1S/C30H37N3O5/c1-4-32(5-2)15-16-37-26-12-9-22(10-13-26)17-24-8-6-7-23-18-25(11-14-28(23)29(24)35)33-20-27(38-30(33)36)19-31-21(3)34/h9-14,17-18,27H,4-8,15-16,19-20H2,1-3H3,(H,31,34)/t27-/m0/s1. The van der Waals surface area contributed by atoms with Crippen LogP contribution < -0.4 is 15.0 Å². The van der Waals surface area contributed by atoms with Crippen molar-refractivity contribution in [3.8, 4) is 5.75 Å². The molecule has 4 rings (SSSR count). The summed E-state index contributed by atoms with van der Waals surface area (Å²) in [5.74, 6) is 0.683. The van der Waals surface area contributed by atoms with E-state index in [0.717, 1.165) is 54.9 Å². The van der Waals surface area contributed by atoms with Gasteiger partial charge in [0.2, 0.25) is 5.91 Å². The number of nitrogens with zero attached hydrogens (tertiary/aromatic N) is 2. The van der Waals surface area contributed by atoms with Crippen LogP contribution in [0.3, 0.4) is 0 Å². The highest BCUT2D eigenvalue weighted by Gasteiger charge is 2.33. The van der Waals surface area contributed by atoms with Crippen LogP contribution in [0.5, 0.6) is 5.75 Å². The van der Waals surface area contributed by atoms with Crippen LogP contribution in [0.4, 0.5) is 10.5 Å². The molecule has 1 N–H and O–H groups in total. The van der Waals surface area contributed by atoms with Crippen molar-refractivity contribution in [2.24, 2.45) is 0 Å². The van der Waals surface area contributed by atoms with E-state index in [2.05, 4.69) is 24.1 Å². The first kappa shape index (κ1) is 27.4. The van der Waals surface area contributed by atoms with Crippen molar-refractivity contribution < 1.29 is 23.9 Å². The van der Waals surface area contributed by atoms with Gasteiger partial charge in [-0.2, -0.15) is 0 Å². The number of carbonyl (C=O) groups excluding carboxylic acids is 3. The van der Waals surface area contributed by atoms with Gasteiger partial charge in [0.05, 0.1) is 13.1 Å². The highest BCUT2D eigenvalue weighted by molar-refractivity contribution is 6.12. The van der Waals surface area contributed by atoms with Crippen LogP contribution in [0.2, 0.25) is 0 Å². The van der Waals surface area contributed by atoms with E-state index in [0.29, 0.717) is 30.8 Å². The Bertz CT molecular complexity index is 1190. The maximum Gasteiger partial charge on any atom is 0.414 e. The lowest BCUT2D eigenvalue weighted by atomic mass is 9.97. The molecular weight excluding hydrogens is 482 g/mol. The molecule has 2 aromatic carbocycles. The fourth-order valence-corrected chi connectivity index (χ4v) is 4.86. The molecule has 1 fully saturated rings. The lowest BCUT2D eigenvalue weighted by Gasteiger charge is -2.18. The summed E-state index contributed by atoms with van der Waals surface area (Å²) in [5, 5.41) is 2.69. The molecule has 1 aliphatic carbocycles. The normalized spacial score (nSPS) is 18.4. The maximum absolute atomic E-state index is 13.4. The molecular formula is C30H37N3O5. The molecule has 2 aromatic rings. The molecule has 0 unspecified atom stereocenters. The Kier molecular flexibility index (Phi) is 9.18. The van der Waals surface area contributed by atoms with Crippen molar-refractivity contribution in [1.82, 2.24) is 10.2 Å². The number of anilines is 1. The number of benzene rings is 2. The Balaban J connectivity index is 1.42. The van der Waals surface area contributed by atoms with Crippen LogP contribution in [0, 0.1) is 0 Å². The molecule has 0 radical (unpaired) electrons. The summed E-state index contributed by atoms with van der Waals surface area (Å²) in [6.45, 7) is 9.91. The van der Waals surface area contributed by atoms with Gasteiger partial charge in [-0.25, -0.2) is 4.79 Å². The Hall–Kier alpha value is -3.65. The van der Waals surface area contributed by atoms with E-state index in [-0.39, 0.29) is 18.2 Å². The predicted molar refractivity (Wildman–Crippen MR) is 148 cm³/mol. The average Bonchev–Trinajstić information content (AvgIpc) is 3.22. The largest absolute Gasteiger partial charge is 0.492 e. The summed E-state index contributed by atoms with van der Waals surface area (Å²) in [7, 11) is 0. The molecule has 202 valence electrons. The molecule has 0 aromatic heterocycles. The van der Waals surface area contributed by atoms with Crippen LogP contribution in [-0.4, -0.2) is 68.1 Å². The number of carbonyl (C=O) groups is 3. The zero-order chi connectivity index (χ0) is 27.1. The highest BCUT2D eigenvalue weighted by atomic mass is 16.6. The number of ether oxygens (including phenoxy) is 2. The SMILES string of the molecule is CCN(CC)CCOc1ccc(C=C2CCCc3cc(N4C[C@H](CNC(C)=O)OC4=O)ccc3C2=O)cc1. The second kappa shape index (κ2) is 12.7. The number of amides is 2. The van der Waals surface area contributed by atoms with Gasteiger partial charge in [0.25, 0.3) is 0 Å². The summed E-state index contributed by atoms with van der Waals surface area (Å²) in [6, 6.07) is 13.4. The molecule has 1 atom stereocenters. The fourth-order valence-electron chi connectivity index (χ4n) is 4.86. The van der Waals surface area contributed by atoms with Crippen LogP contribution in [0.1, 0.15) is 55.1 Å². The van der Waals surface area contributed by atoms with Crippen molar-refractivity contribution in [2.75, 3.05) is 44.2 Å². The third-order valence-corrected chi connectivity index (χ3v) is 7.07. The number of likely N-dealkylation sites (N-methyl/N-ethyl adjacent to an activating group) is 1. The van der Waals surface area contributed by atoms with Gasteiger partial charge in [0.15, 0.2) is 5.78 Å². The number of cyclic esters (lactones) is 1. The minimum Gasteiger partial charge on any atom is -0.492 e. The van der Waals surface area contributed by atoms with Crippen LogP contribution in [0.15, 0.2) is 48.0 Å². The lowest BCUT2D eigenvalue weighted by Crippen LogP contribution is -2.33. The molecule has 1 aliphatic heterocycles. The van der Waals surface area contributed by atoms with Gasteiger partial charge in [0.1, 0.15) is 18.5 Å². The van der Waals surface area contributed by atoms with E-state index in [1.165, 1.54) is 6.92 Å². The summed E-state index contributed by atoms with van der Waals surface area (Å²) >= 11 is 0. The molecule has 38 heavy (non-hydrogen) atoms. The molecule has 1 saturated heterocycles. The van der Waals surface area contributed by atoms with Crippen LogP contribution in [0.25, 0.3) is 6.08 Å². The third kappa shape index (κ3) is 6.81. The van der Waals surface area contributed by atoms with E-state index in [9.17, 15) is 14.4 Å². The minimum atomic E-state index is -0.443. The topological polar surface area (TPSA) is 88.2 Å². The Morgan fingerprint density at radius 2 is 1.89 bits per heavy atom. The number of allylic oxidation sites excluding steroid dienone is 1. The number of Topliss-reactive ketones (excluding diaryl/α,β-unsaturated/α-hetero) is 1. The second-order valence-electron chi connectivity index (χ2n) is 9.69. The van der Waals surface area contributed by atoms with Gasteiger partial charge in [-0.3, -0.25) is 14.5 Å². The number of rotatable bonds is 10. The Morgan fingerprint density at radius 1 is 1.13 bits per heavy atom. The summed E-state index contributed by atoms with van der Waals surface area (Å²) < 4.78 is 11.3. The molecule has 8 heteroatoms. The van der Waals surface area contributed by atoms with Gasteiger partial charge in [-0.1, -0.05) is 26.0 Å². The van der Waals surface area contributed by atoms with E-state index >= 15 is 0 Å². The van der Waals surface area contributed by atoms with Crippen molar-refractivity contribution >= 4 is 29.5 Å². The van der Waals surface area contributed by atoms with Crippen LogP contribution >= 0.6 is 0 Å². The number of hydrogen-bond acceptors (Lipinski definition) is 6. The molecule has 1 heterocycles. The van der Waals surface area contributed by atoms with Gasteiger partial charge in [0, 0.05) is 30.3 Å². The number of aryl methyl sites for hydroxylation is 1. The van der Waals surface area contributed by atoms with Gasteiger partial charge >= 0.3 is 6.09 Å². The smallest absolute Gasteiger partial charge is 0.414 e. The molecule has 0 bridgehead atoms. The zero-order valence-electron chi connectivity index (χ0n) is 22.5. The highest BCUT2D eigenvalue weighted by Crippen LogP contribution is 2.31. The summed E-state index contributed by atoms with van der Waals surface area (Å²) in [6.07, 6.45) is 3.41. The number of ketones is 1. The van der Waals surface area contributed by atoms with Gasteiger partial charge in [-0.15, -0.1) is 0 Å². The maximum atomic E-state index is 13.4. The van der Waals surface area contributed by atoms with Crippen LogP contribution in [-0.2, 0) is 16.0 Å². The molecule has 8 nitrogen and oxygen atoms in total. The van der Waals surface area contributed by atoms with Gasteiger partial charge < -0.3 is 19.7 Å². The van der Waals surface area contributed by atoms with E-state index < -0.39 is 12.2 Å². The quantitative estimate of drug-likeness (QED) is 0.368. The Morgan fingerprint density at radius 3 is 2.61 bits per heavy atom. The second-order valence-corrected chi connectivity index (χ2v) is 9.69. The summed E-state index contributed by atoms with van der Waals surface area (Å²) in [5.41, 5.74) is 4.07. The number of fused-ring (bicyclic) bond motifs is 1. The minimum absolute atomic E-state index is 0.0242. The molecule has 2 aliphatic rings. The van der Waals surface area contributed by atoms with Crippen molar-refractivity contribution in [3.05, 3.63) is 64.7 Å². The Labute approximate surface area is 224 Å². The number of hydrogen-bond donors (Lipinski definition) is 1. The lowest BCUT2D eigenvalue weighted by molar-refractivity contribution is -0.119. The average molecular weight is 520 g/mol. The third-order valence-electron chi connectivity index (χ3n) is 7.07. The predicted octanol–water partition coefficient (Wildman–Crippen LogP) is 4.47.